The van der Waals surface area contributed by atoms with E-state index in [1.165, 1.54) is 0 Å². The SMILES string of the molecule is CC(C)[C@H]1NC(=O)[C@@H](Cc2cccc(Cl)c2)NCCOc2ccccc2CCCNC(=O)[C@H](CNC2=NCCCN2)NC1=O. The summed E-state index contributed by atoms with van der Waals surface area (Å²) in [5.41, 5.74) is 1.91. The van der Waals surface area contributed by atoms with E-state index < -0.39 is 24.0 Å². The van der Waals surface area contributed by atoms with Gasteiger partial charge >= 0.3 is 0 Å². The van der Waals surface area contributed by atoms with Crippen molar-refractivity contribution in [1.29, 1.82) is 0 Å². The number of hydrogen-bond donors (Lipinski definition) is 6. The molecule has 2 heterocycles. The molecule has 3 amide bonds. The summed E-state index contributed by atoms with van der Waals surface area (Å²) in [5.74, 6) is 0.0408. The molecule has 6 N–H and O–H groups in total. The number of hydrogen-bond acceptors (Lipinski definition) is 8. The third kappa shape index (κ3) is 10.1. The number of amides is 3. The first-order chi connectivity index (χ1) is 21.3. The van der Waals surface area contributed by atoms with Gasteiger partial charge in [-0.05, 0) is 60.9 Å². The fourth-order valence-electron chi connectivity index (χ4n) is 5.13. The predicted molar refractivity (Wildman–Crippen MR) is 172 cm³/mol. The summed E-state index contributed by atoms with van der Waals surface area (Å²) in [6, 6.07) is 12.8. The molecule has 2 aliphatic rings. The van der Waals surface area contributed by atoms with Crippen LogP contribution < -0.4 is 36.6 Å². The van der Waals surface area contributed by atoms with E-state index in [1.54, 1.807) is 6.07 Å². The van der Waals surface area contributed by atoms with Crippen molar-refractivity contribution in [3.05, 3.63) is 64.7 Å². The van der Waals surface area contributed by atoms with Crippen LogP contribution in [0.4, 0.5) is 0 Å². The van der Waals surface area contributed by atoms with Crippen LogP contribution in [0, 0.1) is 5.92 Å². The number of carbonyl (C=O) groups excluding carboxylic acids is 3. The van der Waals surface area contributed by atoms with Crippen LogP contribution in [0.15, 0.2) is 53.5 Å². The van der Waals surface area contributed by atoms with Gasteiger partial charge in [-0.2, -0.15) is 0 Å². The van der Waals surface area contributed by atoms with Crippen molar-refractivity contribution in [1.82, 2.24) is 31.9 Å². The van der Waals surface area contributed by atoms with Gasteiger partial charge < -0.3 is 36.6 Å². The van der Waals surface area contributed by atoms with E-state index in [9.17, 15) is 14.4 Å². The Morgan fingerprint density at radius 2 is 1.75 bits per heavy atom. The number of ether oxygens (including phenoxy) is 1. The molecule has 0 aliphatic carbocycles. The van der Waals surface area contributed by atoms with Crippen LogP contribution in [0.2, 0.25) is 5.02 Å². The molecule has 2 aromatic rings. The first-order valence-corrected chi connectivity index (χ1v) is 15.8. The molecule has 12 heteroatoms. The van der Waals surface area contributed by atoms with Gasteiger partial charge in [-0.1, -0.05) is 55.8 Å². The Labute approximate surface area is 264 Å². The second-order valence-electron chi connectivity index (χ2n) is 11.4. The highest BCUT2D eigenvalue weighted by atomic mass is 35.5. The quantitative estimate of drug-likeness (QED) is 0.296. The fourth-order valence-corrected chi connectivity index (χ4v) is 5.34. The van der Waals surface area contributed by atoms with Gasteiger partial charge in [0.25, 0.3) is 0 Å². The van der Waals surface area contributed by atoms with E-state index >= 15 is 0 Å². The number of rotatable bonds is 5. The topological polar surface area (TPSA) is 145 Å². The zero-order valence-corrected chi connectivity index (χ0v) is 26.2. The fraction of sp³-hybridized carbons (Fsp3) is 0.500. The molecule has 0 aromatic heterocycles. The lowest BCUT2D eigenvalue weighted by Crippen LogP contribution is -2.60. The second-order valence-corrected chi connectivity index (χ2v) is 11.8. The molecule has 2 aliphatic heterocycles. The van der Waals surface area contributed by atoms with Crippen LogP contribution >= 0.6 is 11.6 Å². The Morgan fingerprint density at radius 3 is 2.52 bits per heavy atom. The smallest absolute Gasteiger partial charge is 0.244 e. The van der Waals surface area contributed by atoms with Crippen molar-refractivity contribution >= 4 is 35.3 Å². The molecule has 0 saturated carbocycles. The molecule has 0 spiro atoms. The summed E-state index contributed by atoms with van der Waals surface area (Å²) in [5, 5.41) is 19.0. The summed E-state index contributed by atoms with van der Waals surface area (Å²) in [7, 11) is 0. The van der Waals surface area contributed by atoms with Crippen molar-refractivity contribution in [2.24, 2.45) is 10.9 Å². The Balaban J connectivity index is 1.56. The number of aliphatic imine (C=N–C) groups is 1. The van der Waals surface area contributed by atoms with E-state index in [-0.39, 0.29) is 24.3 Å². The molecule has 3 atom stereocenters. The number of guanidine groups is 1. The van der Waals surface area contributed by atoms with Gasteiger partial charge in [0, 0.05) is 37.7 Å². The zero-order chi connectivity index (χ0) is 31.3. The standard InChI is InChI=1S/C32H44ClN7O4/c1-21(2)28-31(43)39-26(20-38-32-36-14-7-15-37-32)29(41)35-13-6-10-23-9-3-4-12-27(23)44-17-16-34-25(30(42)40-28)19-22-8-5-11-24(33)18-22/h3-5,8-9,11-12,18,21,25-26,28,34H,6-7,10,13-17,19-20H2,1-2H3,(H,35,41)(H,39,43)(H,40,42)(H2,36,37,38)/t25-,26+,28-/m1/s1. The predicted octanol–water partition coefficient (Wildman–Crippen LogP) is 1.55. The number of fused-ring (bicyclic) bond motifs is 1. The maximum absolute atomic E-state index is 13.7. The number of halogens is 1. The van der Waals surface area contributed by atoms with Gasteiger partial charge in [0.15, 0.2) is 5.96 Å². The van der Waals surface area contributed by atoms with Gasteiger partial charge in [0.2, 0.25) is 17.7 Å². The Kier molecular flexibility index (Phi) is 12.7. The van der Waals surface area contributed by atoms with E-state index in [2.05, 4.69) is 36.9 Å². The number of carbonyl (C=O) groups is 3. The van der Waals surface area contributed by atoms with Crippen molar-refractivity contribution in [2.75, 3.05) is 39.3 Å². The summed E-state index contributed by atoms with van der Waals surface area (Å²) in [6.07, 6.45) is 2.69. The normalized spacial score (nSPS) is 22.5. The molecule has 0 unspecified atom stereocenters. The van der Waals surface area contributed by atoms with Crippen LogP contribution in [0.5, 0.6) is 5.75 Å². The lowest BCUT2D eigenvalue weighted by atomic mass is 10.0. The number of nitrogens with zero attached hydrogens (tertiary/aromatic N) is 1. The van der Waals surface area contributed by atoms with Gasteiger partial charge in [-0.15, -0.1) is 0 Å². The van der Waals surface area contributed by atoms with Crippen molar-refractivity contribution in [2.45, 2.75) is 57.7 Å². The average Bonchev–Trinajstić information content (AvgIpc) is 3.01. The molecule has 44 heavy (non-hydrogen) atoms. The first-order valence-electron chi connectivity index (χ1n) is 15.4. The summed E-state index contributed by atoms with van der Waals surface area (Å²) in [6.45, 7) is 6.50. The molecule has 238 valence electrons. The van der Waals surface area contributed by atoms with Gasteiger partial charge in [0.1, 0.15) is 24.4 Å². The Hall–Kier alpha value is -3.83. The Morgan fingerprint density at radius 1 is 0.932 bits per heavy atom. The maximum atomic E-state index is 13.7. The molecule has 0 radical (unpaired) electrons. The van der Waals surface area contributed by atoms with Gasteiger partial charge in [-0.25, -0.2) is 0 Å². The highest BCUT2D eigenvalue weighted by Crippen LogP contribution is 2.19. The van der Waals surface area contributed by atoms with E-state index in [1.807, 2.05) is 56.3 Å². The number of aryl methyl sites for hydroxylation is 1. The third-order valence-corrected chi connectivity index (χ3v) is 7.78. The average molecular weight is 626 g/mol. The van der Waals surface area contributed by atoms with E-state index in [4.69, 9.17) is 16.3 Å². The maximum Gasteiger partial charge on any atom is 0.244 e. The third-order valence-electron chi connectivity index (χ3n) is 7.54. The van der Waals surface area contributed by atoms with Crippen LogP contribution in [-0.4, -0.2) is 81.1 Å². The first kappa shape index (κ1) is 33.1. The van der Waals surface area contributed by atoms with E-state index in [0.717, 1.165) is 29.8 Å². The van der Waals surface area contributed by atoms with Crippen molar-refractivity contribution < 1.29 is 19.1 Å². The molecule has 0 bridgehead atoms. The van der Waals surface area contributed by atoms with Gasteiger partial charge in [-0.3, -0.25) is 19.4 Å². The van der Waals surface area contributed by atoms with Gasteiger partial charge in [0.05, 0.1) is 6.04 Å². The zero-order valence-electron chi connectivity index (χ0n) is 25.5. The minimum atomic E-state index is -0.887. The molecule has 0 saturated heterocycles. The lowest BCUT2D eigenvalue weighted by Gasteiger charge is -2.28. The molecular formula is C32H44ClN7O4. The highest BCUT2D eigenvalue weighted by Gasteiger charge is 2.31. The molecule has 11 nitrogen and oxygen atoms in total. The summed E-state index contributed by atoms with van der Waals surface area (Å²) in [4.78, 5) is 45.0. The summed E-state index contributed by atoms with van der Waals surface area (Å²) >= 11 is 6.22. The van der Waals surface area contributed by atoms with Crippen LogP contribution in [-0.2, 0) is 27.2 Å². The minimum absolute atomic E-state index is 0.137. The number of para-hydroxylation sites is 1. The van der Waals surface area contributed by atoms with E-state index in [0.29, 0.717) is 56.5 Å². The number of nitrogens with one attached hydrogen (secondary N) is 6. The molecular weight excluding hydrogens is 582 g/mol. The highest BCUT2D eigenvalue weighted by molar-refractivity contribution is 6.30. The molecule has 4 rings (SSSR count). The van der Waals surface area contributed by atoms with Crippen LogP contribution in [0.25, 0.3) is 0 Å². The number of benzene rings is 2. The second kappa shape index (κ2) is 16.9. The van der Waals surface area contributed by atoms with Crippen LogP contribution in [0.3, 0.4) is 0 Å². The van der Waals surface area contributed by atoms with Crippen LogP contribution in [0.1, 0.15) is 37.8 Å². The summed E-state index contributed by atoms with van der Waals surface area (Å²) < 4.78 is 6.10. The lowest BCUT2D eigenvalue weighted by molar-refractivity contribution is -0.133. The van der Waals surface area contributed by atoms with Crippen molar-refractivity contribution in [3.8, 4) is 5.75 Å². The van der Waals surface area contributed by atoms with Crippen molar-refractivity contribution in [3.63, 3.8) is 0 Å². The largest absolute Gasteiger partial charge is 0.492 e. The monoisotopic (exact) mass is 625 g/mol. The Bertz CT molecular complexity index is 1300. The minimum Gasteiger partial charge on any atom is -0.492 e. The molecule has 2 aromatic carbocycles. The molecule has 0 fully saturated rings.